The van der Waals surface area contributed by atoms with E-state index in [9.17, 15) is 14.4 Å². The number of aryl methyl sites for hydroxylation is 2. The summed E-state index contributed by atoms with van der Waals surface area (Å²) in [6.45, 7) is 7.30. The summed E-state index contributed by atoms with van der Waals surface area (Å²) in [5.74, 6) is -1.29. The highest BCUT2D eigenvalue weighted by atomic mass is 16.7. The number of carbonyl (C=O) groups is 3. The standard InChI is InChI=1S/C24H25N3O4/c1-5-20-14(2)10-19(11-15(20)3)25-24(30)26-22-13-18-9-7-6-8-17(18)12-21(22)23(29)27-31-16(4)28/h6-13H,5H2,1-4H3,(H,27,29)(H2,25,26,30). The van der Waals surface area contributed by atoms with Crippen molar-refractivity contribution in [2.75, 3.05) is 10.6 Å². The number of nitrogens with one attached hydrogen (secondary N) is 3. The molecule has 0 fully saturated rings. The summed E-state index contributed by atoms with van der Waals surface area (Å²) in [5.41, 5.74) is 6.68. The third-order valence-electron chi connectivity index (χ3n) is 4.97. The summed E-state index contributed by atoms with van der Waals surface area (Å²) in [7, 11) is 0. The first-order valence-electron chi connectivity index (χ1n) is 9.97. The molecule has 0 aliphatic carbocycles. The van der Waals surface area contributed by atoms with Gasteiger partial charge < -0.3 is 15.5 Å². The van der Waals surface area contributed by atoms with Gasteiger partial charge in [0.25, 0.3) is 5.91 Å². The van der Waals surface area contributed by atoms with E-state index < -0.39 is 17.9 Å². The molecule has 0 aliphatic heterocycles. The fraction of sp³-hybridized carbons (Fsp3) is 0.208. The van der Waals surface area contributed by atoms with Crippen molar-refractivity contribution in [1.29, 1.82) is 0 Å². The zero-order valence-corrected chi connectivity index (χ0v) is 18.0. The average Bonchev–Trinajstić information content (AvgIpc) is 2.71. The number of hydrogen-bond donors (Lipinski definition) is 3. The number of hydrogen-bond acceptors (Lipinski definition) is 4. The molecule has 160 valence electrons. The number of fused-ring (bicyclic) bond motifs is 1. The van der Waals surface area contributed by atoms with Crippen LogP contribution in [0.3, 0.4) is 0 Å². The summed E-state index contributed by atoms with van der Waals surface area (Å²) >= 11 is 0. The van der Waals surface area contributed by atoms with Crippen molar-refractivity contribution in [3.63, 3.8) is 0 Å². The highest BCUT2D eigenvalue weighted by Gasteiger charge is 2.16. The van der Waals surface area contributed by atoms with Crippen LogP contribution in [0, 0.1) is 13.8 Å². The predicted octanol–water partition coefficient (Wildman–Crippen LogP) is 4.87. The van der Waals surface area contributed by atoms with Gasteiger partial charge in [0, 0.05) is 12.6 Å². The Morgan fingerprint density at radius 3 is 2.10 bits per heavy atom. The van der Waals surface area contributed by atoms with E-state index >= 15 is 0 Å². The lowest BCUT2D eigenvalue weighted by Crippen LogP contribution is -2.28. The van der Waals surface area contributed by atoms with Crippen molar-refractivity contribution >= 4 is 40.1 Å². The van der Waals surface area contributed by atoms with E-state index in [0.717, 1.165) is 28.3 Å². The summed E-state index contributed by atoms with van der Waals surface area (Å²) < 4.78 is 0. The number of hydroxylamine groups is 1. The van der Waals surface area contributed by atoms with Crippen molar-refractivity contribution in [2.24, 2.45) is 0 Å². The maximum Gasteiger partial charge on any atom is 0.329 e. The van der Waals surface area contributed by atoms with E-state index in [2.05, 4.69) is 27.9 Å². The Kier molecular flexibility index (Phi) is 6.55. The fourth-order valence-corrected chi connectivity index (χ4v) is 3.61. The number of amides is 3. The molecule has 7 nitrogen and oxygen atoms in total. The highest BCUT2D eigenvalue weighted by molar-refractivity contribution is 6.09. The summed E-state index contributed by atoms with van der Waals surface area (Å²) in [6, 6.07) is 14.1. The van der Waals surface area contributed by atoms with E-state index in [0.29, 0.717) is 11.4 Å². The van der Waals surface area contributed by atoms with E-state index in [-0.39, 0.29) is 5.56 Å². The maximum absolute atomic E-state index is 12.7. The first-order valence-corrected chi connectivity index (χ1v) is 9.97. The van der Waals surface area contributed by atoms with Gasteiger partial charge in [0.1, 0.15) is 0 Å². The molecule has 31 heavy (non-hydrogen) atoms. The smallest absolute Gasteiger partial charge is 0.329 e. The first kappa shape index (κ1) is 21.8. The van der Waals surface area contributed by atoms with Crippen molar-refractivity contribution < 1.29 is 19.2 Å². The Hall–Kier alpha value is -3.87. The van der Waals surface area contributed by atoms with Crippen LogP contribution in [0.15, 0.2) is 48.5 Å². The van der Waals surface area contributed by atoms with E-state index in [1.165, 1.54) is 12.5 Å². The van der Waals surface area contributed by atoms with Crippen molar-refractivity contribution in [3.05, 3.63) is 70.8 Å². The second-order valence-electron chi connectivity index (χ2n) is 7.29. The molecule has 3 N–H and O–H groups in total. The average molecular weight is 419 g/mol. The van der Waals surface area contributed by atoms with Gasteiger partial charge in [-0.15, -0.1) is 0 Å². The molecule has 0 unspecified atom stereocenters. The number of benzene rings is 3. The van der Waals surface area contributed by atoms with Crippen LogP contribution in [0.5, 0.6) is 0 Å². The van der Waals surface area contributed by atoms with Crippen LogP contribution in [0.25, 0.3) is 10.8 Å². The van der Waals surface area contributed by atoms with E-state index in [4.69, 9.17) is 0 Å². The lowest BCUT2D eigenvalue weighted by molar-refractivity contribution is -0.146. The van der Waals surface area contributed by atoms with Gasteiger partial charge in [0.15, 0.2) is 0 Å². The summed E-state index contributed by atoms with van der Waals surface area (Å²) in [4.78, 5) is 40.9. The van der Waals surface area contributed by atoms with E-state index in [1.54, 1.807) is 12.1 Å². The van der Waals surface area contributed by atoms with Crippen LogP contribution in [0.1, 0.15) is 40.9 Å². The van der Waals surface area contributed by atoms with Crippen LogP contribution >= 0.6 is 0 Å². The molecule has 0 radical (unpaired) electrons. The Balaban J connectivity index is 1.88. The molecule has 0 saturated heterocycles. The van der Waals surface area contributed by atoms with Gasteiger partial charge in [-0.3, -0.25) is 9.59 Å². The van der Waals surface area contributed by atoms with Gasteiger partial charge in [-0.25, -0.2) is 4.79 Å². The number of urea groups is 1. The number of rotatable bonds is 4. The largest absolute Gasteiger partial charge is 0.341 e. The fourth-order valence-electron chi connectivity index (χ4n) is 3.61. The number of carbonyl (C=O) groups excluding carboxylic acids is 3. The lowest BCUT2D eigenvalue weighted by atomic mass is 10.00. The van der Waals surface area contributed by atoms with Crippen molar-refractivity contribution in [3.8, 4) is 0 Å². The van der Waals surface area contributed by atoms with Gasteiger partial charge >= 0.3 is 12.0 Å². The molecule has 0 aromatic heterocycles. The molecule has 3 rings (SSSR count). The summed E-state index contributed by atoms with van der Waals surface area (Å²) in [6.07, 6.45) is 0.919. The maximum atomic E-state index is 12.7. The highest BCUT2D eigenvalue weighted by Crippen LogP contribution is 2.25. The van der Waals surface area contributed by atoms with Crippen LogP contribution < -0.4 is 16.1 Å². The molecule has 3 aromatic rings. The van der Waals surface area contributed by atoms with Crippen LogP contribution in [-0.4, -0.2) is 17.9 Å². The normalized spacial score (nSPS) is 10.5. The van der Waals surface area contributed by atoms with Crippen molar-refractivity contribution in [2.45, 2.75) is 34.1 Å². The predicted molar refractivity (Wildman–Crippen MR) is 121 cm³/mol. The second kappa shape index (κ2) is 9.30. The second-order valence-corrected chi connectivity index (χ2v) is 7.29. The molecule has 0 atom stereocenters. The molecule has 0 saturated carbocycles. The molecule has 0 spiro atoms. The van der Waals surface area contributed by atoms with Gasteiger partial charge in [0.2, 0.25) is 0 Å². The Morgan fingerprint density at radius 2 is 1.52 bits per heavy atom. The molecule has 0 heterocycles. The monoisotopic (exact) mass is 419 g/mol. The molecule has 7 heteroatoms. The third kappa shape index (κ3) is 5.19. The number of anilines is 2. The Bertz CT molecular complexity index is 1150. The first-order chi connectivity index (χ1) is 14.8. The lowest BCUT2D eigenvalue weighted by Gasteiger charge is -2.15. The van der Waals surface area contributed by atoms with Gasteiger partial charge in [-0.05, 0) is 72.0 Å². The molecule has 0 aliphatic rings. The minimum absolute atomic E-state index is 0.170. The van der Waals surface area contributed by atoms with Crippen LogP contribution in [-0.2, 0) is 16.1 Å². The Morgan fingerprint density at radius 1 is 0.903 bits per heavy atom. The van der Waals surface area contributed by atoms with E-state index in [1.807, 2.05) is 50.2 Å². The Labute approximate surface area is 180 Å². The minimum Gasteiger partial charge on any atom is -0.341 e. The molecule has 0 bridgehead atoms. The van der Waals surface area contributed by atoms with Gasteiger partial charge in [-0.2, -0.15) is 5.48 Å². The van der Waals surface area contributed by atoms with Gasteiger partial charge in [0.05, 0.1) is 11.3 Å². The quantitative estimate of drug-likeness (QED) is 0.526. The van der Waals surface area contributed by atoms with Crippen molar-refractivity contribution in [1.82, 2.24) is 5.48 Å². The molecular weight excluding hydrogens is 394 g/mol. The van der Waals surface area contributed by atoms with Gasteiger partial charge in [-0.1, -0.05) is 31.2 Å². The molecular formula is C24H25N3O4. The minimum atomic E-state index is -0.650. The summed E-state index contributed by atoms with van der Waals surface area (Å²) in [5, 5.41) is 7.21. The molecule has 3 amide bonds. The SMILES string of the molecule is CCc1c(C)cc(NC(=O)Nc2cc3ccccc3cc2C(=O)NOC(C)=O)cc1C. The van der Waals surface area contributed by atoms with Crippen LogP contribution in [0.2, 0.25) is 0 Å². The third-order valence-corrected chi connectivity index (χ3v) is 4.97. The zero-order valence-electron chi connectivity index (χ0n) is 18.0. The topological polar surface area (TPSA) is 96.5 Å². The zero-order chi connectivity index (χ0) is 22.5. The van der Waals surface area contributed by atoms with Crippen LogP contribution in [0.4, 0.5) is 16.2 Å². The molecule has 3 aromatic carbocycles.